The van der Waals surface area contributed by atoms with Gasteiger partial charge < -0.3 is 25.7 Å². The fraction of sp³-hybridized carbons (Fsp3) is 0.929. The van der Waals surface area contributed by atoms with Crippen LogP contribution in [0.3, 0.4) is 0 Å². The van der Waals surface area contributed by atoms with Crippen LogP contribution < -0.4 is 5.32 Å². The summed E-state index contributed by atoms with van der Waals surface area (Å²) in [4.78, 5) is 22.9. The van der Waals surface area contributed by atoms with Crippen LogP contribution in [0.25, 0.3) is 0 Å². The zero-order valence-electron chi connectivity index (χ0n) is 21.8. The summed E-state index contributed by atoms with van der Waals surface area (Å²) in [6.45, 7) is 7.18. The van der Waals surface area contributed by atoms with Crippen molar-refractivity contribution in [1.82, 2.24) is 5.32 Å². The number of carboxylic acid groups (broad SMARTS) is 1. The Balaban J connectivity index is 1.41. The minimum Gasteiger partial charge on any atom is -0.481 e. The van der Waals surface area contributed by atoms with Crippen LogP contribution in [-0.2, 0) is 9.59 Å². The molecular formula is C28H47NO6. The molecule has 0 aromatic rings. The second-order valence-corrected chi connectivity index (χ2v) is 12.9. The van der Waals surface area contributed by atoms with E-state index in [0.717, 1.165) is 51.4 Å². The fourth-order valence-corrected chi connectivity index (χ4v) is 9.25. The van der Waals surface area contributed by atoms with Crippen molar-refractivity contribution in [3.8, 4) is 0 Å². The van der Waals surface area contributed by atoms with Gasteiger partial charge in [-0.05, 0) is 104 Å². The fourth-order valence-electron chi connectivity index (χ4n) is 9.25. The average Bonchev–Trinajstić information content (AvgIpc) is 3.15. The van der Waals surface area contributed by atoms with E-state index in [1.54, 1.807) is 0 Å². The van der Waals surface area contributed by atoms with Crippen LogP contribution in [0.1, 0.15) is 91.4 Å². The molecular weight excluding hydrogens is 446 g/mol. The summed E-state index contributed by atoms with van der Waals surface area (Å²) in [6.07, 6.45) is 6.72. The van der Waals surface area contributed by atoms with Gasteiger partial charge >= 0.3 is 5.97 Å². The normalized spacial score (nSPS) is 45.7. The minimum absolute atomic E-state index is 0.0349. The van der Waals surface area contributed by atoms with Crippen LogP contribution in [0.15, 0.2) is 0 Å². The van der Waals surface area contributed by atoms with Crippen molar-refractivity contribution in [2.45, 2.75) is 110 Å². The van der Waals surface area contributed by atoms with Crippen molar-refractivity contribution in [1.29, 1.82) is 0 Å². The number of nitrogens with one attached hydrogen (secondary N) is 1. The van der Waals surface area contributed by atoms with Crippen LogP contribution in [0.2, 0.25) is 0 Å². The topological polar surface area (TPSA) is 127 Å². The maximum Gasteiger partial charge on any atom is 0.303 e. The Bertz CT molecular complexity index is 789. The van der Waals surface area contributed by atoms with Crippen molar-refractivity contribution in [2.75, 3.05) is 6.54 Å². The number of fused-ring (bicyclic) bond motifs is 5. The molecule has 0 spiro atoms. The summed E-state index contributed by atoms with van der Waals surface area (Å²) in [5.74, 6) is 0.824. The molecule has 1 amide bonds. The summed E-state index contributed by atoms with van der Waals surface area (Å²) in [6, 6.07) is 0. The number of aliphatic hydroxyl groups excluding tert-OH is 3. The molecule has 4 aliphatic rings. The number of rotatable bonds is 8. The Kier molecular flexibility index (Phi) is 7.90. The van der Waals surface area contributed by atoms with Crippen LogP contribution in [0, 0.1) is 46.3 Å². The smallest absolute Gasteiger partial charge is 0.303 e. The van der Waals surface area contributed by atoms with E-state index in [2.05, 4.69) is 26.1 Å². The molecule has 0 aromatic heterocycles. The Morgan fingerprint density at radius 3 is 2.46 bits per heavy atom. The first-order valence-electron chi connectivity index (χ1n) is 14.0. The van der Waals surface area contributed by atoms with Gasteiger partial charge in [-0.15, -0.1) is 0 Å². The molecule has 0 radical (unpaired) electrons. The molecule has 0 aliphatic heterocycles. The van der Waals surface area contributed by atoms with Crippen LogP contribution in [0.4, 0.5) is 0 Å². The number of carbonyl (C=O) groups is 2. The van der Waals surface area contributed by atoms with Crippen molar-refractivity contribution < 1.29 is 30.0 Å². The monoisotopic (exact) mass is 493 g/mol. The van der Waals surface area contributed by atoms with Gasteiger partial charge in [0.05, 0.1) is 18.3 Å². The molecule has 0 bridgehead atoms. The van der Waals surface area contributed by atoms with E-state index in [4.69, 9.17) is 5.11 Å². The second kappa shape index (κ2) is 10.3. The van der Waals surface area contributed by atoms with E-state index in [0.29, 0.717) is 37.1 Å². The third-order valence-corrected chi connectivity index (χ3v) is 11.2. The molecule has 11 atom stereocenters. The van der Waals surface area contributed by atoms with Gasteiger partial charge in [0, 0.05) is 19.4 Å². The molecule has 200 valence electrons. The third-order valence-electron chi connectivity index (χ3n) is 11.2. The number of hydrogen-bond donors (Lipinski definition) is 5. The summed E-state index contributed by atoms with van der Waals surface area (Å²) < 4.78 is 0. The molecule has 4 rings (SSSR count). The van der Waals surface area contributed by atoms with Gasteiger partial charge in [0.1, 0.15) is 0 Å². The number of carbonyl (C=O) groups excluding carboxylic acids is 1. The SMILES string of the molecule is C[C@H](CCC(=O)NCCCC(=O)O)[C@H]1CCC2C3C(C[C@H](O)[C@@]21C)[C@@]1(C)CC[C@@H](O)C[C@H]1C[C@H]3O. The number of aliphatic hydroxyl groups is 3. The average molecular weight is 494 g/mol. The Labute approximate surface area is 210 Å². The molecule has 7 nitrogen and oxygen atoms in total. The highest BCUT2D eigenvalue weighted by atomic mass is 16.4. The first kappa shape index (κ1) is 26.9. The zero-order chi connectivity index (χ0) is 25.5. The van der Waals surface area contributed by atoms with Crippen LogP contribution in [-0.4, -0.2) is 57.2 Å². The van der Waals surface area contributed by atoms with E-state index in [9.17, 15) is 24.9 Å². The highest BCUT2D eigenvalue weighted by Gasteiger charge is 2.65. The lowest BCUT2D eigenvalue weighted by molar-refractivity contribution is -0.207. The van der Waals surface area contributed by atoms with E-state index >= 15 is 0 Å². The van der Waals surface area contributed by atoms with Crippen LogP contribution in [0.5, 0.6) is 0 Å². The molecule has 35 heavy (non-hydrogen) atoms. The first-order valence-corrected chi connectivity index (χ1v) is 14.0. The van der Waals surface area contributed by atoms with Crippen molar-refractivity contribution in [3.05, 3.63) is 0 Å². The van der Waals surface area contributed by atoms with Gasteiger partial charge in [-0.3, -0.25) is 9.59 Å². The highest BCUT2D eigenvalue weighted by Crippen LogP contribution is 2.68. The summed E-state index contributed by atoms with van der Waals surface area (Å²) in [5, 5.41) is 44.9. The lowest BCUT2D eigenvalue weighted by atomic mass is 9.43. The molecule has 0 saturated heterocycles. The lowest BCUT2D eigenvalue weighted by Gasteiger charge is -2.63. The van der Waals surface area contributed by atoms with E-state index in [1.165, 1.54) is 0 Å². The number of carboxylic acids is 1. The Morgan fingerprint density at radius 2 is 1.74 bits per heavy atom. The molecule has 7 heteroatoms. The molecule has 0 aromatic carbocycles. The second-order valence-electron chi connectivity index (χ2n) is 12.9. The summed E-state index contributed by atoms with van der Waals surface area (Å²) in [5.41, 5.74) is -0.176. The van der Waals surface area contributed by atoms with E-state index in [-0.39, 0.29) is 53.1 Å². The van der Waals surface area contributed by atoms with E-state index < -0.39 is 12.1 Å². The maximum atomic E-state index is 12.3. The molecule has 4 fully saturated rings. The zero-order valence-corrected chi connectivity index (χ0v) is 21.8. The van der Waals surface area contributed by atoms with E-state index in [1.807, 2.05) is 0 Å². The summed E-state index contributed by atoms with van der Waals surface area (Å²) >= 11 is 0. The van der Waals surface area contributed by atoms with Gasteiger partial charge in [0.2, 0.25) is 5.91 Å². The van der Waals surface area contributed by atoms with Crippen molar-refractivity contribution >= 4 is 11.9 Å². The summed E-state index contributed by atoms with van der Waals surface area (Å²) in [7, 11) is 0. The number of hydrogen-bond acceptors (Lipinski definition) is 5. The predicted molar refractivity (Wildman–Crippen MR) is 132 cm³/mol. The third kappa shape index (κ3) is 4.89. The van der Waals surface area contributed by atoms with Crippen molar-refractivity contribution in [3.63, 3.8) is 0 Å². The van der Waals surface area contributed by atoms with Gasteiger partial charge in [-0.25, -0.2) is 0 Å². The van der Waals surface area contributed by atoms with Crippen molar-refractivity contribution in [2.24, 2.45) is 46.3 Å². The van der Waals surface area contributed by atoms with Gasteiger partial charge in [-0.1, -0.05) is 20.8 Å². The van der Waals surface area contributed by atoms with Gasteiger partial charge in [-0.2, -0.15) is 0 Å². The Hall–Kier alpha value is -1.18. The van der Waals surface area contributed by atoms with Gasteiger partial charge in [0.15, 0.2) is 0 Å². The maximum absolute atomic E-state index is 12.3. The quantitative estimate of drug-likeness (QED) is 0.330. The predicted octanol–water partition coefficient (Wildman–Crippen LogP) is 3.35. The minimum atomic E-state index is -0.848. The number of aliphatic carboxylic acids is 1. The lowest BCUT2D eigenvalue weighted by Crippen LogP contribution is -2.62. The van der Waals surface area contributed by atoms with Crippen LogP contribution >= 0.6 is 0 Å². The molecule has 3 unspecified atom stereocenters. The Morgan fingerprint density at radius 1 is 1.00 bits per heavy atom. The molecule has 5 N–H and O–H groups in total. The highest BCUT2D eigenvalue weighted by molar-refractivity contribution is 5.75. The van der Waals surface area contributed by atoms with Gasteiger partial charge in [0.25, 0.3) is 0 Å². The molecule has 4 saturated carbocycles. The number of amides is 1. The molecule has 0 heterocycles. The standard InChI is InChI=1S/C28H47NO6/c1-16(6-9-24(33)29-12-4-5-25(34)35)19-7-8-20-26-21(15-23(32)28(19,20)3)27(2)11-10-18(30)13-17(27)14-22(26)31/h16-23,26,30-32H,4-15H2,1-3H3,(H,29,33)(H,34,35)/t16-,17+,18-,19-,20?,21?,22-,23+,26?,27+,28-/m1/s1. The first-order chi connectivity index (χ1) is 16.5. The largest absolute Gasteiger partial charge is 0.481 e. The molecule has 4 aliphatic carbocycles.